The average molecular weight is 249 g/mol. The third-order valence-corrected chi connectivity index (χ3v) is 3.38. The summed E-state index contributed by atoms with van der Waals surface area (Å²) in [5.74, 6) is 1.54. The van der Waals surface area contributed by atoms with E-state index < -0.39 is 0 Å². The van der Waals surface area contributed by atoms with E-state index in [1.54, 1.807) is 6.20 Å². The van der Waals surface area contributed by atoms with Crippen LogP contribution in [0.4, 0.5) is 0 Å². The van der Waals surface area contributed by atoms with Gasteiger partial charge >= 0.3 is 0 Å². The second-order valence-corrected chi connectivity index (χ2v) is 4.79. The van der Waals surface area contributed by atoms with Crippen molar-refractivity contribution in [1.29, 1.82) is 0 Å². The molecule has 2 heterocycles. The molecule has 5 heteroatoms. The molecule has 88 valence electrons. The summed E-state index contributed by atoms with van der Waals surface area (Å²) < 4.78 is 1.97. The molecule has 0 aromatic carbocycles. The summed E-state index contributed by atoms with van der Waals surface area (Å²) in [6.07, 6.45) is 4.18. The Morgan fingerprint density at radius 2 is 2.24 bits per heavy atom. The zero-order chi connectivity index (χ0) is 11.8. The van der Waals surface area contributed by atoms with Gasteiger partial charge in [0.2, 0.25) is 5.28 Å². The first kappa shape index (κ1) is 10.7. The second kappa shape index (κ2) is 4.11. The van der Waals surface area contributed by atoms with Crippen LogP contribution in [-0.4, -0.2) is 19.7 Å². The van der Waals surface area contributed by atoms with Crippen LogP contribution in [0.15, 0.2) is 18.3 Å². The van der Waals surface area contributed by atoms with Crippen molar-refractivity contribution in [2.45, 2.75) is 32.2 Å². The summed E-state index contributed by atoms with van der Waals surface area (Å²) in [7, 11) is 0. The van der Waals surface area contributed by atoms with Gasteiger partial charge in [-0.15, -0.1) is 10.2 Å². The molecule has 0 aliphatic heterocycles. The summed E-state index contributed by atoms with van der Waals surface area (Å²) in [5, 5.41) is 8.57. The lowest BCUT2D eigenvalue weighted by molar-refractivity contribution is 0.708. The predicted molar refractivity (Wildman–Crippen MR) is 65.1 cm³/mol. The molecule has 0 atom stereocenters. The predicted octanol–water partition coefficient (Wildman–Crippen LogP) is 2.56. The fourth-order valence-corrected chi connectivity index (χ4v) is 2.10. The first-order chi connectivity index (χ1) is 8.25. The molecular weight excluding hydrogens is 236 g/mol. The first-order valence-corrected chi connectivity index (χ1v) is 6.12. The molecule has 0 amide bonds. The van der Waals surface area contributed by atoms with Crippen molar-refractivity contribution in [2.24, 2.45) is 0 Å². The Morgan fingerprint density at radius 1 is 1.41 bits per heavy atom. The largest absolute Gasteiger partial charge is 0.295 e. The molecule has 0 spiro atoms. The van der Waals surface area contributed by atoms with Crippen molar-refractivity contribution < 1.29 is 0 Å². The molecule has 0 N–H and O–H groups in total. The lowest BCUT2D eigenvalue weighted by Crippen LogP contribution is -2.07. The minimum Gasteiger partial charge on any atom is -0.295 e. The monoisotopic (exact) mass is 248 g/mol. The van der Waals surface area contributed by atoms with E-state index in [9.17, 15) is 0 Å². The van der Waals surface area contributed by atoms with Crippen LogP contribution in [0.25, 0.3) is 0 Å². The van der Waals surface area contributed by atoms with Gasteiger partial charge in [-0.1, -0.05) is 6.07 Å². The van der Waals surface area contributed by atoms with E-state index in [1.807, 2.05) is 10.6 Å². The van der Waals surface area contributed by atoms with Crippen molar-refractivity contribution in [3.05, 3.63) is 40.7 Å². The Kier molecular flexibility index (Phi) is 2.59. The van der Waals surface area contributed by atoms with E-state index in [4.69, 9.17) is 11.6 Å². The quantitative estimate of drug-likeness (QED) is 0.839. The van der Waals surface area contributed by atoms with Crippen LogP contribution in [-0.2, 0) is 6.54 Å². The van der Waals surface area contributed by atoms with Crippen molar-refractivity contribution in [1.82, 2.24) is 19.7 Å². The van der Waals surface area contributed by atoms with Gasteiger partial charge in [0.15, 0.2) is 0 Å². The Balaban J connectivity index is 1.94. The molecule has 3 rings (SSSR count). The van der Waals surface area contributed by atoms with Crippen LogP contribution in [0.1, 0.15) is 35.8 Å². The molecule has 17 heavy (non-hydrogen) atoms. The van der Waals surface area contributed by atoms with E-state index in [2.05, 4.69) is 28.2 Å². The van der Waals surface area contributed by atoms with E-state index in [1.165, 1.54) is 18.4 Å². The zero-order valence-electron chi connectivity index (χ0n) is 9.60. The van der Waals surface area contributed by atoms with Gasteiger partial charge in [-0.3, -0.25) is 9.55 Å². The van der Waals surface area contributed by atoms with E-state index in [0.717, 1.165) is 11.5 Å². The highest BCUT2D eigenvalue weighted by atomic mass is 35.5. The molecule has 0 radical (unpaired) electrons. The number of halogens is 1. The summed E-state index contributed by atoms with van der Waals surface area (Å²) >= 11 is 6.08. The minimum absolute atomic E-state index is 0.456. The molecule has 0 saturated heterocycles. The lowest BCUT2D eigenvalue weighted by atomic mass is 10.2. The highest BCUT2D eigenvalue weighted by molar-refractivity contribution is 6.28. The Morgan fingerprint density at radius 3 is 2.94 bits per heavy atom. The molecule has 2 aromatic heterocycles. The molecule has 1 aliphatic carbocycles. The van der Waals surface area contributed by atoms with Gasteiger partial charge in [0.05, 0.1) is 12.2 Å². The maximum atomic E-state index is 6.08. The molecule has 2 aromatic rings. The van der Waals surface area contributed by atoms with Crippen LogP contribution in [0.5, 0.6) is 0 Å². The van der Waals surface area contributed by atoms with Crippen LogP contribution >= 0.6 is 11.6 Å². The fraction of sp³-hybridized carbons (Fsp3) is 0.417. The number of rotatable bonds is 3. The van der Waals surface area contributed by atoms with Crippen LogP contribution in [0.3, 0.4) is 0 Å². The summed E-state index contributed by atoms with van der Waals surface area (Å²) in [5.41, 5.74) is 2.19. The Hall–Kier alpha value is -1.42. The van der Waals surface area contributed by atoms with Crippen LogP contribution in [0, 0.1) is 6.92 Å². The van der Waals surface area contributed by atoms with Gasteiger partial charge in [0.1, 0.15) is 5.82 Å². The maximum Gasteiger partial charge on any atom is 0.225 e. The zero-order valence-corrected chi connectivity index (χ0v) is 10.4. The summed E-state index contributed by atoms with van der Waals surface area (Å²) in [6, 6.07) is 3.99. The van der Waals surface area contributed by atoms with E-state index >= 15 is 0 Å². The average Bonchev–Trinajstić information content (AvgIpc) is 3.09. The van der Waals surface area contributed by atoms with Gasteiger partial charge in [0, 0.05) is 12.1 Å². The Bertz CT molecular complexity index is 545. The highest BCUT2D eigenvalue weighted by Crippen LogP contribution is 2.39. The third-order valence-electron chi connectivity index (χ3n) is 3.10. The molecular formula is C12H13ClN4. The standard InChI is InChI=1S/C12H13ClN4/c1-8-3-2-6-14-10(8)7-17-11(9-4-5-9)15-16-12(17)13/h2-3,6,9H,4-5,7H2,1H3. The van der Waals surface area contributed by atoms with Gasteiger partial charge in [-0.25, -0.2) is 0 Å². The number of aryl methyl sites for hydroxylation is 1. The maximum absolute atomic E-state index is 6.08. The van der Waals surface area contributed by atoms with Crippen LogP contribution < -0.4 is 0 Å². The third kappa shape index (κ3) is 2.05. The van der Waals surface area contributed by atoms with Crippen molar-refractivity contribution in [2.75, 3.05) is 0 Å². The summed E-state index contributed by atoms with van der Waals surface area (Å²) in [4.78, 5) is 4.38. The number of aromatic nitrogens is 4. The van der Waals surface area contributed by atoms with Gasteiger partial charge < -0.3 is 0 Å². The van der Waals surface area contributed by atoms with Gasteiger partial charge in [-0.2, -0.15) is 0 Å². The summed E-state index contributed by atoms with van der Waals surface area (Å²) in [6.45, 7) is 2.71. The fourth-order valence-electron chi connectivity index (χ4n) is 1.92. The molecule has 1 fully saturated rings. The van der Waals surface area contributed by atoms with Crippen molar-refractivity contribution in [3.63, 3.8) is 0 Å². The first-order valence-electron chi connectivity index (χ1n) is 5.75. The molecule has 1 aliphatic rings. The van der Waals surface area contributed by atoms with Gasteiger partial charge in [-0.05, 0) is 43.0 Å². The molecule has 0 unspecified atom stereocenters. The molecule has 4 nitrogen and oxygen atoms in total. The minimum atomic E-state index is 0.456. The van der Waals surface area contributed by atoms with Gasteiger partial charge in [0.25, 0.3) is 0 Å². The number of hydrogen-bond acceptors (Lipinski definition) is 3. The number of hydrogen-bond donors (Lipinski definition) is 0. The highest BCUT2D eigenvalue weighted by Gasteiger charge is 2.30. The topological polar surface area (TPSA) is 43.6 Å². The normalized spacial score (nSPS) is 15.2. The van der Waals surface area contributed by atoms with Crippen LogP contribution in [0.2, 0.25) is 5.28 Å². The van der Waals surface area contributed by atoms with E-state index in [0.29, 0.717) is 17.7 Å². The van der Waals surface area contributed by atoms with Crippen molar-refractivity contribution in [3.8, 4) is 0 Å². The van der Waals surface area contributed by atoms with E-state index in [-0.39, 0.29) is 0 Å². The smallest absolute Gasteiger partial charge is 0.225 e. The second-order valence-electron chi connectivity index (χ2n) is 4.45. The molecule has 1 saturated carbocycles. The Labute approximate surface area is 105 Å². The lowest BCUT2D eigenvalue weighted by Gasteiger charge is -2.08. The molecule has 0 bridgehead atoms. The number of nitrogens with zero attached hydrogens (tertiary/aromatic N) is 4. The van der Waals surface area contributed by atoms with Crippen molar-refractivity contribution >= 4 is 11.6 Å². The number of pyridine rings is 1. The SMILES string of the molecule is Cc1cccnc1Cn1c(Cl)nnc1C1CC1.